The van der Waals surface area contributed by atoms with Crippen LogP contribution in [0.5, 0.6) is 5.75 Å². The normalized spacial score (nSPS) is 22.0. The number of amides is 1. The third-order valence-corrected chi connectivity index (χ3v) is 4.35. The van der Waals surface area contributed by atoms with Gasteiger partial charge in [0.25, 0.3) is 0 Å². The number of anilines is 1. The Morgan fingerprint density at radius 3 is 2.57 bits per heavy atom. The average molecular weight is 319 g/mol. The summed E-state index contributed by atoms with van der Waals surface area (Å²) < 4.78 is 6.33. The van der Waals surface area contributed by atoms with Crippen molar-refractivity contribution >= 4 is 11.6 Å². The molecule has 0 spiro atoms. The lowest BCUT2D eigenvalue weighted by atomic mass is 10.0. The predicted octanol–water partition coefficient (Wildman–Crippen LogP) is 1.71. The number of rotatable bonds is 3. The molecule has 5 nitrogen and oxygen atoms in total. The minimum atomic E-state index is 0.0577. The summed E-state index contributed by atoms with van der Waals surface area (Å²) in [4.78, 5) is 18.5. The molecule has 0 unspecified atom stereocenters. The predicted molar refractivity (Wildman–Crippen MR) is 94.2 cm³/mol. The molecule has 0 N–H and O–H groups in total. The highest BCUT2D eigenvalue weighted by molar-refractivity contribution is 5.80. The Labute approximate surface area is 139 Å². The van der Waals surface area contributed by atoms with E-state index in [0.717, 1.165) is 23.5 Å². The van der Waals surface area contributed by atoms with Crippen LogP contribution in [0.4, 0.5) is 5.69 Å². The van der Waals surface area contributed by atoms with Crippen molar-refractivity contribution in [2.45, 2.75) is 19.4 Å². The zero-order valence-electron chi connectivity index (χ0n) is 15.2. The van der Waals surface area contributed by atoms with E-state index in [1.54, 1.807) is 0 Å². The molecule has 23 heavy (non-hydrogen) atoms. The largest absolute Gasteiger partial charge is 0.488 e. The van der Waals surface area contributed by atoms with Crippen molar-refractivity contribution in [3.8, 4) is 5.75 Å². The number of benzene rings is 1. The van der Waals surface area contributed by atoms with E-state index in [0.29, 0.717) is 13.0 Å². The number of ether oxygens (including phenoxy) is 1. The second kappa shape index (κ2) is 7.21. The SMILES string of the molecule is C[C@H]1CN(C)C(=O)Cc2cc(N(C)C)ccc2O[C@H]1CN(C)C. The molecule has 1 heterocycles. The van der Waals surface area contributed by atoms with E-state index in [2.05, 4.69) is 17.9 Å². The van der Waals surface area contributed by atoms with Crippen LogP contribution in [0.25, 0.3) is 0 Å². The Morgan fingerprint density at radius 2 is 1.96 bits per heavy atom. The van der Waals surface area contributed by atoms with Gasteiger partial charge in [0.1, 0.15) is 11.9 Å². The smallest absolute Gasteiger partial charge is 0.226 e. The van der Waals surface area contributed by atoms with Gasteiger partial charge in [-0.25, -0.2) is 0 Å². The fourth-order valence-electron chi connectivity index (χ4n) is 2.90. The molecular formula is C18H29N3O2. The topological polar surface area (TPSA) is 36.0 Å². The number of likely N-dealkylation sites (N-methyl/N-ethyl adjacent to an activating group) is 2. The van der Waals surface area contributed by atoms with Crippen molar-refractivity contribution < 1.29 is 9.53 Å². The first kappa shape index (κ1) is 17.6. The molecule has 0 radical (unpaired) electrons. The molecule has 0 aromatic heterocycles. The quantitative estimate of drug-likeness (QED) is 0.850. The second-order valence-corrected chi connectivity index (χ2v) is 7.03. The molecule has 128 valence electrons. The Bertz CT molecular complexity index is 557. The molecule has 1 aromatic carbocycles. The number of nitrogens with zero attached hydrogens (tertiary/aromatic N) is 3. The van der Waals surface area contributed by atoms with Gasteiger partial charge >= 0.3 is 0 Å². The van der Waals surface area contributed by atoms with Gasteiger partial charge in [-0.3, -0.25) is 4.79 Å². The molecule has 1 aliphatic heterocycles. The van der Waals surface area contributed by atoms with Crippen LogP contribution in [0.3, 0.4) is 0 Å². The minimum Gasteiger partial charge on any atom is -0.488 e. The third-order valence-electron chi connectivity index (χ3n) is 4.35. The van der Waals surface area contributed by atoms with Crippen LogP contribution in [0.2, 0.25) is 0 Å². The first-order valence-electron chi connectivity index (χ1n) is 8.13. The first-order valence-corrected chi connectivity index (χ1v) is 8.13. The van der Waals surface area contributed by atoms with E-state index in [-0.39, 0.29) is 17.9 Å². The molecule has 0 saturated carbocycles. The van der Waals surface area contributed by atoms with Gasteiger partial charge in [-0.05, 0) is 32.3 Å². The van der Waals surface area contributed by atoms with E-state index in [9.17, 15) is 4.79 Å². The molecule has 1 aromatic rings. The van der Waals surface area contributed by atoms with Crippen molar-refractivity contribution in [1.82, 2.24) is 9.80 Å². The molecule has 5 heteroatoms. The van der Waals surface area contributed by atoms with Gasteiger partial charge in [0, 0.05) is 51.4 Å². The molecule has 0 bridgehead atoms. The van der Waals surface area contributed by atoms with E-state index < -0.39 is 0 Å². The Kier molecular flexibility index (Phi) is 5.52. The lowest BCUT2D eigenvalue weighted by molar-refractivity contribution is -0.129. The fourth-order valence-corrected chi connectivity index (χ4v) is 2.90. The zero-order chi connectivity index (χ0) is 17.1. The maximum absolute atomic E-state index is 12.5. The van der Waals surface area contributed by atoms with E-state index in [4.69, 9.17) is 4.74 Å². The van der Waals surface area contributed by atoms with Crippen molar-refractivity contribution in [3.63, 3.8) is 0 Å². The van der Waals surface area contributed by atoms with Gasteiger partial charge in [-0.1, -0.05) is 6.92 Å². The van der Waals surface area contributed by atoms with Crippen LogP contribution in [0.15, 0.2) is 18.2 Å². The third kappa shape index (κ3) is 4.38. The highest BCUT2D eigenvalue weighted by atomic mass is 16.5. The van der Waals surface area contributed by atoms with Gasteiger partial charge < -0.3 is 19.4 Å². The average Bonchev–Trinajstić information content (AvgIpc) is 2.49. The summed E-state index contributed by atoms with van der Waals surface area (Å²) in [5, 5.41) is 0. The fraction of sp³-hybridized carbons (Fsp3) is 0.611. The monoisotopic (exact) mass is 319 g/mol. The Hall–Kier alpha value is -1.75. The van der Waals surface area contributed by atoms with Crippen molar-refractivity contribution in [3.05, 3.63) is 23.8 Å². The number of carbonyl (C=O) groups excluding carboxylic acids is 1. The molecule has 0 aliphatic carbocycles. The minimum absolute atomic E-state index is 0.0577. The van der Waals surface area contributed by atoms with Crippen LogP contribution >= 0.6 is 0 Å². The van der Waals surface area contributed by atoms with E-state index in [1.165, 1.54) is 0 Å². The number of carbonyl (C=O) groups is 1. The maximum Gasteiger partial charge on any atom is 0.226 e. The van der Waals surface area contributed by atoms with Gasteiger partial charge in [0.15, 0.2) is 0 Å². The second-order valence-electron chi connectivity index (χ2n) is 7.03. The zero-order valence-corrected chi connectivity index (χ0v) is 15.2. The molecular weight excluding hydrogens is 290 g/mol. The van der Waals surface area contributed by atoms with Crippen molar-refractivity contribution in [2.24, 2.45) is 5.92 Å². The summed E-state index contributed by atoms with van der Waals surface area (Å²) in [6.45, 7) is 3.70. The van der Waals surface area contributed by atoms with E-state index >= 15 is 0 Å². The summed E-state index contributed by atoms with van der Waals surface area (Å²) in [5.41, 5.74) is 2.05. The summed E-state index contributed by atoms with van der Waals surface area (Å²) >= 11 is 0. The summed E-state index contributed by atoms with van der Waals surface area (Å²) in [6, 6.07) is 6.10. The molecule has 1 aliphatic rings. The molecule has 2 rings (SSSR count). The maximum atomic E-state index is 12.5. The summed E-state index contributed by atoms with van der Waals surface area (Å²) in [5.74, 6) is 1.24. The van der Waals surface area contributed by atoms with Crippen LogP contribution in [-0.4, -0.2) is 70.1 Å². The highest BCUT2D eigenvalue weighted by Crippen LogP contribution is 2.29. The molecule has 0 saturated heterocycles. The van der Waals surface area contributed by atoms with Gasteiger partial charge in [0.05, 0.1) is 6.42 Å². The standard InChI is InChI=1S/C18H29N3O2/c1-13-11-21(6)18(22)10-14-9-15(20(4)5)7-8-16(14)23-17(13)12-19(2)3/h7-9,13,17H,10-12H2,1-6H3/t13-,17-/m0/s1. The lowest BCUT2D eigenvalue weighted by Crippen LogP contribution is -2.41. The van der Waals surface area contributed by atoms with Gasteiger partial charge in [-0.2, -0.15) is 0 Å². The Morgan fingerprint density at radius 1 is 1.26 bits per heavy atom. The van der Waals surface area contributed by atoms with Crippen molar-refractivity contribution in [1.29, 1.82) is 0 Å². The van der Waals surface area contributed by atoms with Gasteiger partial charge in [0.2, 0.25) is 5.91 Å². The lowest BCUT2D eigenvalue weighted by Gasteiger charge is -2.29. The van der Waals surface area contributed by atoms with Crippen LogP contribution in [-0.2, 0) is 11.2 Å². The highest BCUT2D eigenvalue weighted by Gasteiger charge is 2.27. The molecule has 1 amide bonds. The van der Waals surface area contributed by atoms with Crippen molar-refractivity contribution in [2.75, 3.05) is 53.2 Å². The van der Waals surface area contributed by atoms with Crippen LogP contribution < -0.4 is 9.64 Å². The first-order chi connectivity index (χ1) is 10.8. The Balaban J connectivity index is 2.40. The van der Waals surface area contributed by atoms with Crippen LogP contribution in [0.1, 0.15) is 12.5 Å². The summed E-state index contributed by atoms with van der Waals surface area (Å²) in [7, 11) is 9.98. The molecule has 2 atom stereocenters. The molecule has 0 fully saturated rings. The number of hydrogen-bond donors (Lipinski definition) is 0. The van der Waals surface area contributed by atoms with E-state index in [1.807, 2.05) is 57.2 Å². The number of hydrogen-bond acceptors (Lipinski definition) is 4. The van der Waals surface area contributed by atoms with Gasteiger partial charge in [-0.15, -0.1) is 0 Å². The number of fused-ring (bicyclic) bond motifs is 1. The summed E-state index contributed by atoms with van der Waals surface area (Å²) in [6.07, 6.45) is 0.442. The van der Waals surface area contributed by atoms with Crippen LogP contribution in [0, 0.1) is 5.92 Å².